The Morgan fingerprint density at radius 2 is 2.32 bits per heavy atom. The maximum absolute atomic E-state index is 11.4. The van der Waals surface area contributed by atoms with Crippen LogP contribution in [0.4, 0.5) is 5.13 Å². The SMILES string of the molecule is COc1cccc(-c2nnc(NC(=O)CCN)s2)c1. The lowest BCUT2D eigenvalue weighted by Crippen LogP contribution is -2.15. The number of carbonyl (C=O) groups excluding carboxylic acids is 1. The van der Waals surface area contributed by atoms with Crippen LogP contribution in [0.5, 0.6) is 5.75 Å². The smallest absolute Gasteiger partial charge is 0.227 e. The maximum atomic E-state index is 11.4. The highest BCUT2D eigenvalue weighted by molar-refractivity contribution is 7.18. The van der Waals surface area contributed by atoms with Gasteiger partial charge in [0, 0.05) is 18.5 Å². The molecule has 19 heavy (non-hydrogen) atoms. The minimum Gasteiger partial charge on any atom is -0.497 e. The fourth-order valence-electron chi connectivity index (χ4n) is 1.46. The number of amides is 1. The summed E-state index contributed by atoms with van der Waals surface area (Å²) < 4.78 is 5.15. The third-order valence-corrected chi connectivity index (χ3v) is 3.25. The average molecular weight is 278 g/mol. The molecule has 0 bridgehead atoms. The third-order valence-electron chi connectivity index (χ3n) is 2.36. The van der Waals surface area contributed by atoms with Gasteiger partial charge in [0.15, 0.2) is 0 Å². The lowest BCUT2D eigenvalue weighted by atomic mass is 10.2. The fourth-order valence-corrected chi connectivity index (χ4v) is 2.22. The van der Waals surface area contributed by atoms with Crippen molar-refractivity contribution in [2.45, 2.75) is 6.42 Å². The van der Waals surface area contributed by atoms with Crippen molar-refractivity contribution in [2.75, 3.05) is 19.0 Å². The molecule has 6 nitrogen and oxygen atoms in total. The number of nitrogens with two attached hydrogens (primary N) is 1. The molecule has 0 fully saturated rings. The number of ether oxygens (including phenoxy) is 1. The van der Waals surface area contributed by atoms with Gasteiger partial charge in [-0.05, 0) is 12.1 Å². The molecule has 0 saturated carbocycles. The standard InChI is InChI=1S/C12H14N4O2S/c1-18-9-4-2-3-8(7-9)11-15-16-12(19-11)14-10(17)5-6-13/h2-4,7H,5-6,13H2,1H3,(H,14,16,17). The highest BCUT2D eigenvalue weighted by atomic mass is 32.1. The van der Waals surface area contributed by atoms with Crippen LogP contribution >= 0.6 is 11.3 Å². The fraction of sp³-hybridized carbons (Fsp3) is 0.250. The molecule has 2 aromatic rings. The van der Waals surface area contributed by atoms with Crippen LogP contribution in [0.3, 0.4) is 0 Å². The van der Waals surface area contributed by atoms with Crippen LogP contribution in [0.25, 0.3) is 10.6 Å². The van der Waals surface area contributed by atoms with Crippen LogP contribution in [0.15, 0.2) is 24.3 Å². The number of nitrogens with one attached hydrogen (secondary N) is 1. The predicted molar refractivity (Wildman–Crippen MR) is 74.2 cm³/mol. The number of rotatable bonds is 5. The summed E-state index contributed by atoms with van der Waals surface area (Å²) in [4.78, 5) is 11.4. The molecular weight excluding hydrogens is 264 g/mol. The zero-order valence-corrected chi connectivity index (χ0v) is 11.2. The van der Waals surface area contributed by atoms with Crippen LogP contribution < -0.4 is 15.8 Å². The van der Waals surface area contributed by atoms with Crippen molar-refractivity contribution < 1.29 is 9.53 Å². The number of nitrogens with zero attached hydrogens (tertiary/aromatic N) is 2. The van der Waals surface area contributed by atoms with Gasteiger partial charge in [0.05, 0.1) is 7.11 Å². The minimum absolute atomic E-state index is 0.157. The van der Waals surface area contributed by atoms with Crippen LogP contribution in [0, 0.1) is 0 Å². The molecule has 1 aromatic heterocycles. The number of aromatic nitrogens is 2. The largest absolute Gasteiger partial charge is 0.497 e. The Kier molecular flexibility index (Phi) is 4.43. The van der Waals surface area contributed by atoms with Crippen molar-refractivity contribution in [3.05, 3.63) is 24.3 Å². The third kappa shape index (κ3) is 3.49. The Hall–Kier alpha value is -1.99. The van der Waals surface area contributed by atoms with E-state index in [2.05, 4.69) is 15.5 Å². The van der Waals surface area contributed by atoms with E-state index in [4.69, 9.17) is 10.5 Å². The van der Waals surface area contributed by atoms with E-state index >= 15 is 0 Å². The van der Waals surface area contributed by atoms with Gasteiger partial charge in [-0.15, -0.1) is 10.2 Å². The zero-order chi connectivity index (χ0) is 13.7. The molecule has 3 N–H and O–H groups in total. The molecular formula is C12H14N4O2S. The summed E-state index contributed by atoms with van der Waals surface area (Å²) in [6, 6.07) is 7.51. The molecule has 0 aliphatic heterocycles. The van der Waals surface area contributed by atoms with Crippen LogP contribution in [-0.4, -0.2) is 29.8 Å². The zero-order valence-electron chi connectivity index (χ0n) is 10.4. The molecule has 100 valence electrons. The quantitative estimate of drug-likeness (QED) is 0.865. The van der Waals surface area contributed by atoms with Gasteiger partial charge in [-0.25, -0.2) is 0 Å². The lowest BCUT2D eigenvalue weighted by Gasteiger charge is -2.00. The van der Waals surface area contributed by atoms with Gasteiger partial charge in [0.1, 0.15) is 10.8 Å². The minimum atomic E-state index is -0.157. The Labute approximate surface area is 114 Å². The summed E-state index contributed by atoms with van der Waals surface area (Å²) in [5, 5.41) is 11.8. The summed E-state index contributed by atoms with van der Waals surface area (Å²) in [5.74, 6) is 0.595. The second kappa shape index (κ2) is 6.26. The van der Waals surface area contributed by atoms with Gasteiger partial charge in [0.2, 0.25) is 11.0 Å². The summed E-state index contributed by atoms with van der Waals surface area (Å²) in [6.07, 6.45) is 0.272. The van der Waals surface area contributed by atoms with E-state index < -0.39 is 0 Å². The van der Waals surface area contributed by atoms with E-state index in [-0.39, 0.29) is 12.3 Å². The number of anilines is 1. The normalized spacial score (nSPS) is 10.2. The van der Waals surface area contributed by atoms with Crippen molar-refractivity contribution in [1.82, 2.24) is 10.2 Å². The second-order valence-corrected chi connectivity index (χ2v) is 4.71. The first-order chi connectivity index (χ1) is 9.22. The van der Waals surface area contributed by atoms with Gasteiger partial charge < -0.3 is 15.8 Å². The number of carbonyl (C=O) groups is 1. The van der Waals surface area contributed by atoms with Gasteiger partial charge in [-0.1, -0.05) is 23.5 Å². The van der Waals surface area contributed by atoms with Gasteiger partial charge >= 0.3 is 0 Å². The molecule has 0 unspecified atom stereocenters. The van der Waals surface area contributed by atoms with E-state index in [0.29, 0.717) is 11.7 Å². The molecule has 2 rings (SSSR count). The van der Waals surface area contributed by atoms with Crippen molar-refractivity contribution in [2.24, 2.45) is 5.73 Å². The summed E-state index contributed by atoms with van der Waals surface area (Å²) >= 11 is 1.31. The number of hydrogen-bond donors (Lipinski definition) is 2. The predicted octanol–water partition coefficient (Wildman–Crippen LogP) is 1.50. The van der Waals surface area contributed by atoms with E-state index in [1.165, 1.54) is 11.3 Å². The van der Waals surface area contributed by atoms with Crippen molar-refractivity contribution in [1.29, 1.82) is 0 Å². The molecule has 1 heterocycles. The van der Waals surface area contributed by atoms with E-state index in [0.717, 1.165) is 16.3 Å². The Morgan fingerprint density at radius 3 is 3.05 bits per heavy atom. The Balaban J connectivity index is 2.13. The van der Waals surface area contributed by atoms with Gasteiger partial charge in [0.25, 0.3) is 0 Å². The molecule has 1 amide bonds. The Bertz CT molecular complexity index is 570. The molecule has 0 saturated heterocycles. The number of benzene rings is 1. The average Bonchev–Trinajstić information content (AvgIpc) is 2.87. The molecule has 0 atom stereocenters. The molecule has 0 spiro atoms. The molecule has 0 aliphatic rings. The van der Waals surface area contributed by atoms with Crippen LogP contribution in [0.2, 0.25) is 0 Å². The first-order valence-corrected chi connectivity index (χ1v) is 6.52. The summed E-state index contributed by atoms with van der Waals surface area (Å²) in [5.41, 5.74) is 6.20. The summed E-state index contributed by atoms with van der Waals surface area (Å²) in [7, 11) is 1.61. The highest BCUT2D eigenvalue weighted by Crippen LogP contribution is 2.28. The molecule has 0 aliphatic carbocycles. The van der Waals surface area contributed by atoms with E-state index in [1.54, 1.807) is 7.11 Å². The first kappa shape index (κ1) is 13.4. The monoisotopic (exact) mass is 278 g/mol. The first-order valence-electron chi connectivity index (χ1n) is 5.71. The number of methoxy groups -OCH3 is 1. The second-order valence-electron chi connectivity index (χ2n) is 3.73. The summed E-state index contributed by atoms with van der Waals surface area (Å²) in [6.45, 7) is 0.313. The topological polar surface area (TPSA) is 90.1 Å². The number of hydrogen-bond acceptors (Lipinski definition) is 6. The Morgan fingerprint density at radius 1 is 1.47 bits per heavy atom. The van der Waals surface area contributed by atoms with Crippen molar-refractivity contribution in [3.63, 3.8) is 0 Å². The van der Waals surface area contributed by atoms with E-state index in [9.17, 15) is 4.79 Å². The van der Waals surface area contributed by atoms with Crippen molar-refractivity contribution >= 4 is 22.4 Å². The van der Waals surface area contributed by atoms with Gasteiger partial charge in [-0.2, -0.15) is 0 Å². The van der Waals surface area contributed by atoms with Crippen molar-refractivity contribution in [3.8, 4) is 16.3 Å². The molecule has 7 heteroatoms. The molecule has 1 aromatic carbocycles. The van der Waals surface area contributed by atoms with Gasteiger partial charge in [-0.3, -0.25) is 4.79 Å². The molecule has 0 radical (unpaired) electrons. The maximum Gasteiger partial charge on any atom is 0.227 e. The van der Waals surface area contributed by atoms with Crippen LogP contribution in [0.1, 0.15) is 6.42 Å². The van der Waals surface area contributed by atoms with Crippen LogP contribution in [-0.2, 0) is 4.79 Å². The van der Waals surface area contributed by atoms with E-state index in [1.807, 2.05) is 24.3 Å². The highest BCUT2D eigenvalue weighted by Gasteiger charge is 2.09. The lowest BCUT2D eigenvalue weighted by molar-refractivity contribution is -0.116.